The molecule has 4 heterocycles. The maximum Gasteiger partial charge on any atom is 0.125 e. The molecule has 0 saturated heterocycles. The van der Waals surface area contributed by atoms with E-state index >= 15 is 0 Å². The highest BCUT2D eigenvalue weighted by atomic mass is 35.5. The molecular formula is C38H38Cl4N6OS2. The Morgan fingerprint density at radius 2 is 1.24 bits per heavy atom. The van der Waals surface area contributed by atoms with Gasteiger partial charge in [0.1, 0.15) is 16.2 Å². The van der Waals surface area contributed by atoms with Crippen LogP contribution in [0.3, 0.4) is 0 Å². The predicted octanol–water partition coefficient (Wildman–Crippen LogP) is 11.9. The zero-order chi connectivity index (χ0) is 36.8. The fraction of sp³-hybridized carbons (Fsp3) is 0.263. The minimum Gasteiger partial charge on any atom is -0.382 e. The molecule has 51 heavy (non-hydrogen) atoms. The summed E-state index contributed by atoms with van der Waals surface area (Å²) >= 11 is 27.7. The number of aryl methyl sites for hydroxylation is 2. The highest BCUT2D eigenvalue weighted by molar-refractivity contribution is 7.99. The Kier molecular flexibility index (Phi) is 13.6. The molecule has 6 aromatic rings. The smallest absolute Gasteiger partial charge is 0.125 e. The van der Waals surface area contributed by atoms with Gasteiger partial charge in [0.2, 0.25) is 0 Å². The number of benzene rings is 2. The second kappa shape index (κ2) is 17.7. The lowest BCUT2D eigenvalue weighted by Gasteiger charge is -2.15. The average molecular weight is 801 g/mol. The van der Waals surface area contributed by atoms with Gasteiger partial charge >= 0.3 is 0 Å². The molecule has 13 heteroatoms. The summed E-state index contributed by atoms with van der Waals surface area (Å²) in [6.07, 6.45) is 5.29. The van der Waals surface area contributed by atoms with Crippen LogP contribution in [0.1, 0.15) is 79.7 Å². The standard InChI is InChI=1S/C19H19Cl2N3OS.C19H19Cl2N3S/c1-11(2)24-19(26-15-9-13(20)8-14(21)10-15)17(12(3)23-24)18(25)16-6-4-5-7-22-16;1-12(2)24-19(25-17-9-15(20)8-16(21)10-17)18(13(3)23-24)7-14-5-4-6-22-11-14/h4-11,18,25H,1-3H3;4-6,8-12H,7H2,1-3H3. The van der Waals surface area contributed by atoms with Crippen LogP contribution in [0.25, 0.3) is 0 Å². The predicted molar refractivity (Wildman–Crippen MR) is 211 cm³/mol. The molecule has 1 N–H and O–H groups in total. The summed E-state index contributed by atoms with van der Waals surface area (Å²) in [5.74, 6) is 0. The van der Waals surface area contributed by atoms with Crippen molar-refractivity contribution >= 4 is 69.9 Å². The van der Waals surface area contributed by atoms with Crippen LogP contribution in [-0.2, 0) is 6.42 Å². The molecule has 6 rings (SSSR count). The van der Waals surface area contributed by atoms with E-state index in [1.165, 1.54) is 22.9 Å². The van der Waals surface area contributed by atoms with E-state index in [2.05, 4.69) is 60.4 Å². The number of rotatable bonds is 10. The number of hydrogen-bond donors (Lipinski definition) is 1. The van der Waals surface area contributed by atoms with Gasteiger partial charge in [-0.2, -0.15) is 10.2 Å². The molecule has 0 aliphatic rings. The van der Waals surface area contributed by atoms with Gasteiger partial charge in [0.25, 0.3) is 0 Å². The summed E-state index contributed by atoms with van der Waals surface area (Å²) in [4.78, 5) is 10.4. The van der Waals surface area contributed by atoms with Crippen molar-refractivity contribution in [1.29, 1.82) is 0 Å². The van der Waals surface area contributed by atoms with E-state index in [4.69, 9.17) is 51.5 Å². The van der Waals surface area contributed by atoms with Gasteiger partial charge in [0.05, 0.1) is 17.1 Å². The summed E-state index contributed by atoms with van der Waals surface area (Å²) < 4.78 is 3.98. The van der Waals surface area contributed by atoms with Gasteiger partial charge in [0.15, 0.2) is 0 Å². The molecule has 0 bridgehead atoms. The zero-order valence-corrected chi connectivity index (χ0v) is 33.6. The molecule has 0 aliphatic heterocycles. The Hall–Kier alpha value is -3.02. The molecule has 0 spiro atoms. The molecule has 1 atom stereocenters. The first-order chi connectivity index (χ1) is 24.3. The molecule has 2 aromatic carbocycles. The van der Waals surface area contributed by atoms with Crippen LogP contribution in [-0.4, -0.2) is 34.6 Å². The fourth-order valence-corrected chi connectivity index (χ4v) is 9.22. The highest BCUT2D eigenvalue weighted by Crippen LogP contribution is 2.40. The number of pyridine rings is 2. The van der Waals surface area contributed by atoms with E-state index in [0.29, 0.717) is 25.8 Å². The summed E-state index contributed by atoms with van der Waals surface area (Å²) in [5, 5.41) is 24.7. The number of aliphatic hydroxyl groups is 1. The Labute approximate surface area is 327 Å². The van der Waals surface area contributed by atoms with Crippen LogP contribution in [0, 0.1) is 13.8 Å². The van der Waals surface area contributed by atoms with E-state index in [-0.39, 0.29) is 12.1 Å². The van der Waals surface area contributed by atoms with Gasteiger partial charge in [0, 0.05) is 78.1 Å². The maximum absolute atomic E-state index is 11.0. The van der Waals surface area contributed by atoms with Crippen LogP contribution >= 0.6 is 69.9 Å². The minimum absolute atomic E-state index is 0.135. The van der Waals surface area contributed by atoms with E-state index in [1.807, 2.05) is 66.3 Å². The molecule has 0 saturated carbocycles. The molecule has 0 radical (unpaired) electrons. The lowest BCUT2D eigenvalue weighted by atomic mass is 10.1. The van der Waals surface area contributed by atoms with Gasteiger partial charge in [-0.3, -0.25) is 19.3 Å². The monoisotopic (exact) mass is 798 g/mol. The van der Waals surface area contributed by atoms with Crippen molar-refractivity contribution in [1.82, 2.24) is 29.5 Å². The zero-order valence-electron chi connectivity index (χ0n) is 29.0. The molecule has 1 unspecified atom stereocenters. The van der Waals surface area contributed by atoms with Crippen molar-refractivity contribution in [3.63, 3.8) is 0 Å². The second-order valence-corrected chi connectivity index (χ2v) is 16.2. The lowest BCUT2D eigenvalue weighted by molar-refractivity contribution is 0.211. The molecule has 0 aliphatic carbocycles. The molecule has 266 valence electrons. The Balaban J connectivity index is 0.000000198. The average Bonchev–Trinajstić information content (AvgIpc) is 3.56. The third kappa shape index (κ3) is 10.1. The van der Waals surface area contributed by atoms with Gasteiger partial charge in [-0.15, -0.1) is 0 Å². The molecule has 4 aromatic heterocycles. The molecular weight excluding hydrogens is 762 g/mol. The van der Waals surface area contributed by atoms with Crippen molar-refractivity contribution in [2.45, 2.75) is 86.0 Å². The highest BCUT2D eigenvalue weighted by Gasteiger charge is 2.26. The Morgan fingerprint density at radius 1 is 0.686 bits per heavy atom. The first-order valence-electron chi connectivity index (χ1n) is 16.2. The lowest BCUT2D eigenvalue weighted by Crippen LogP contribution is -2.07. The van der Waals surface area contributed by atoms with Crippen molar-refractivity contribution in [2.24, 2.45) is 0 Å². The SMILES string of the molecule is Cc1nn(C(C)C)c(Sc2cc(Cl)cc(Cl)c2)c1C(O)c1ccccn1.Cc1nn(C(C)C)c(Sc2cc(Cl)cc(Cl)c2)c1Cc1cccnc1. The summed E-state index contributed by atoms with van der Waals surface area (Å²) in [6, 6.07) is 20.9. The van der Waals surface area contributed by atoms with Crippen LogP contribution < -0.4 is 0 Å². The van der Waals surface area contributed by atoms with Crippen molar-refractivity contribution in [2.75, 3.05) is 0 Å². The number of hydrogen-bond acceptors (Lipinski definition) is 7. The van der Waals surface area contributed by atoms with Crippen molar-refractivity contribution < 1.29 is 5.11 Å². The Bertz CT molecular complexity index is 2050. The molecule has 0 amide bonds. The van der Waals surface area contributed by atoms with E-state index < -0.39 is 6.10 Å². The van der Waals surface area contributed by atoms with Gasteiger partial charge in [-0.05, 0) is 102 Å². The van der Waals surface area contributed by atoms with Crippen molar-refractivity contribution in [3.8, 4) is 0 Å². The summed E-state index contributed by atoms with van der Waals surface area (Å²) in [5.41, 5.74) is 5.52. The van der Waals surface area contributed by atoms with E-state index in [1.54, 1.807) is 36.3 Å². The third-order valence-electron chi connectivity index (χ3n) is 7.67. The first-order valence-corrected chi connectivity index (χ1v) is 19.4. The topological polar surface area (TPSA) is 81.6 Å². The largest absolute Gasteiger partial charge is 0.382 e. The van der Waals surface area contributed by atoms with E-state index in [9.17, 15) is 5.11 Å². The summed E-state index contributed by atoms with van der Waals surface area (Å²) in [6.45, 7) is 12.3. The molecule has 0 fully saturated rings. The number of nitrogens with zero attached hydrogens (tertiary/aromatic N) is 6. The quantitative estimate of drug-likeness (QED) is 0.148. The van der Waals surface area contributed by atoms with Crippen LogP contribution in [0.4, 0.5) is 0 Å². The number of aromatic nitrogens is 6. The second-order valence-electron chi connectivity index (χ2n) is 12.4. The summed E-state index contributed by atoms with van der Waals surface area (Å²) in [7, 11) is 0. The van der Waals surface area contributed by atoms with Crippen LogP contribution in [0.15, 0.2) is 105 Å². The third-order valence-corrected chi connectivity index (χ3v) is 10.7. The Morgan fingerprint density at radius 3 is 1.75 bits per heavy atom. The minimum atomic E-state index is -0.860. The van der Waals surface area contributed by atoms with Gasteiger partial charge in [-0.1, -0.05) is 82.1 Å². The normalized spacial score (nSPS) is 11.9. The van der Waals surface area contributed by atoms with E-state index in [0.717, 1.165) is 43.2 Å². The number of halogens is 4. The number of aliphatic hydroxyl groups excluding tert-OH is 1. The first kappa shape index (κ1) is 39.2. The maximum atomic E-state index is 11.0. The van der Waals surface area contributed by atoms with Gasteiger partial charge < -0.3 is 5.11 Å². The van der Waals surface area contributed by atoms with Crippen LogP contribution in [0.2, 0.25) is 20.1 Å². The van der Waals surface area contributed by atoms with Crippen LogP contribution in [0.5, 0.6) is 0 Å². The van der Waals surface area contributed by atoms with Crippen molar-refractivity contribution in [3.05, 3.63) is 139 Å². The molecule has 7 nitrogen and oxygen atoms in total. The van der Waals surface area contributed by atoms with Gasteiger partial charge in [-0.25, -0.2) is 0 Å². The fourth-order valence-electron chi connectivity index (χ4n) is 5.32.